The van der Waals surface area contributed by atoms with Crippen LogP contribution >= 0.6 is 0 Å². The lowest BCUT2D eigenvalue weighted by Crippen LogP contribution is -2.62. The molecular formula is C17H22FNO5. The van der Waals surface area contributed by atoms with Crippen LogP contribution in [0.5, 0.6) is 0 Å². The fraction of sp³-hybridized carbons (Fsp3) is 0.471. The lowest BCUT2D eigenvalue weighted by molar-refractivity contribution is -0.168. The second kappa shape index (κ2) is 7.90. The molecule has 2 unspecified atom stereocenters. The molecule has 1 amide bonds. The first-order valence-electron chi connectivity index (χ1n) is 7.60. The van der Waals surface area contributed by atoms with E-state index >= 15 is 0 Å². The van der Waals surface area contributed by atoms with Crippen LogP contribution in [-0.4, -0.2) is 34.6 Å². The fourth-order valence-electron chi connectivity index (χ4n) is 2.10. The van der Waals surface area contributed by atoms with Crippen molar-refractivity contribution in [1.29, 1.82) is 0 Å². The van der Waals surface area contributed by atoms with Crippen LogP contribution in [0.3, 0.4) is 0 Å². The number of ether oxygens (including phenoxy) is 1. The van der Waals surface area contributed by atoms with Gasteiger partial charge < -0.3 is 15.2 Å². The van der Waals surface area contributed by atoms with E-state index in [4.69, 9.17) is 4.74 Å². The van der Waals surface area contributed by atoms with Gasteiger partial charge in [0.25, 0.3) is 0 Å². The summed E-state index contributed by atoms with van der Waals surface area (Å²) in [6.45, 7) is 6.05. The fourth-order valence-corrected chi connectivity index (χ4v) is 2.10. The Hall–Kier alpha value is -2.44. The van der Waals surface area contributed by atoms with E-state index in [1.165, 1.54) is 12.1 Å². The Balaban J connectivity index is 3.28. The molecule has 0 radical (unpaired) electrons. The Kier molecular flexibility index (Phi) is 6.45. The summed E-state index contributed by atoms with van der Waals surface area (Å²) in [6, 6.07) is 4.13. The van der Waals surface area contributed by atoms with Gasteiger partial charge in [0.05, 0.1) is 6.10 Å². The molecule has 0 aliphatic heterocycles. The molecule has 1 aromatic rings. The number of carboxylic acids is 1. The van der Waals surface area contributed by atoms with E-state index in [9.17, 15) is 23.9 Å². The third-order valence-corrected chi connectivity index (χ3v) is 3.69. The number of carbonyl (C=O) groups is 3. The maximum absolute atomic E-state index is 13.7. The second-order valence-electron chi connectivity index (χ2n) is 5.78. The monoisotopic (exact) mass is 339 g/mol. The zero-order valence-corrected chi connectivity index (χ0v) is 14.2. The molecule has 6 nitrogen and oxygen atoms in total. The number of rotatable bonds is 7. The predicted octanol–water partition coefficient (Wildman–Crippen LogP) is 1.98. The smallest absolute Gasteiger partial charge is 0.344 e. The summed E-state index contributed by atoms with van der Waals surface area (Å²) in [4.78, 5) is 35.7. The molecule has 7 heteroatoms. The van der Waals surface area contributed by atoms with Gasteiger partial charge in [-0.05, 0) is 37.5 Å². The van der Waals surface area contributed by atoms with Crippen molar-refractivity contribution in [3.05, 3.63) is 35.1 Å². The highest BCUT2D eigenvalue weighted by atomic mass is 19.1. The predicted molar refractivity (Wildman–Crippen MR) is 84.9 cm³/mol. The van der Waals surface area contributed by atoms with Gasteiger partial charge >= 0.3 is 11.9 Å². The van der Waals surface area contributed by atoms with Gasteiger partial charge in [-0.2, -0.15) is 0 Å². The van der Waals surface area contributed by atoms with Crippen LogP contribution in [-0.2, 0) is 25.5 Å². The van der Waals surface area contributed by atoms with Gasteiger partial charge in [-0.1, -0.05) is 19.1 Å². The number of hydrogen-bond donors (Lipinski definition) is 2. The maximum atomic E-state index is 13.7. The molecule has 1 aromatic carbocycles. The van der Waals surface area contributed by atoms with Crippen molar-refractivity contribution >= 4 is 17.8 Å². The quantitative estimate of drug-likeness (QED) is 0.585. The van der Waals surface area contributed by atoms with Crippen LogP contribution in [0.15, 0.2) is 18.2 Å². The summed E-state index contributed by atoms with van der Waals surface area (Å²) < 4.78 is 18.9. The average molecular weight is 339 g/mol. The number of halogens is 1. The summed E-state index contributed by atoms with van der Waals surface area (Å²) in [7, 11) is 0. The molecule has 0 aromatic heterocycles. The zero-order valence-electron chi connectivity index (χ0n) is 14.2. The van der Waals surface area contributed by atoms with E-state index < -0.39 is 41.7 Å². The van der Waals surface area contributed by atoms with Gasteiger partial charge in [-0.25, -0.2) is 14.0 Å². The number of benzene rings is 1. The van der Waals surface area contributed by atoms with Crippen LogP contribution < -0.4 is 5.32 Å². The summed E-state index contributed by atoms with van der Waals surface area (Å²) in [6.07, 6.45) is -0.450. The SMILES string of the molecule is CCC(C)OC(=O)C(Cc1ccc(C)c(F)c1)(NC(C)=O)C(=O)O. The van der Waals surface area contributed by atoms with Crippen molar-refractivity contribution in [2.45, 2.75) is 52.2 Å². The number of carboxylic acid groups (broad SMARTS) is 1. The topological polar surface area (TPSA) is 92.7 Å². The summed E-state index contributed by atoms with van der Waals surface area (Å²) in [5.41, 5.74) is -1.66. The lowest BCUT2D eigenvalue weighted by Gasteiger charge is -2.29. The molecule has 132 valence electrons. The van der Waals surface area contributed by atoms with Crippen molar-refractivity contribution in [2.24, 2.45) is 0 Å². The molecule has 0 aliphatic rings. The minimum absolute atomic E-state index is 0.260. The first kappa shape index (κ1) is 19.6. The van der Waals surface area contributed by atoms with Gasteiger partial charge in [0.2, 0.25) is 11.4 Å². The normalized spacial score (nSPS) is 14.4. The Morgan fingerprint density at radius 3 is 2.46 bits per heavy atom. The van der Waals surface area contributed by atoms with Crippen LogP contribution in [0.1, 0.15) is 38.3 Å². The number of aliphatic carboxylic acids is 1. The molecule has 0 saturated carbocycles. The van der Waals surface area contributed by atoms with Crippen molar-refractivity contribution in [3.63, 3.8) is 0 Å². The van der Waals surface area contributed by atoms with Crippen molar-refractivity contribution in [3.8, 4) is 0 Å². The van der Waals surface area contributed by atoms with Gasteiger partial charge in [0, 0.05) is 13.3 Å². The maximum Gasteiger partial charge on any atom is 0.344 e. The van der Waals surface area contributed by atoms with Gasteiger partial charge in [-0.15, -0.1) is 0 Å². The Bertz CT molecular complexity index is 646. The van der Waals surface area contributed by atoms with E-state index in [0.717, 1.165) is 13.0 Å². The Morgan fingerprint density at radius 2 is 2.00 bits per heavy atom. The second-order valence-corrected chi connectivity index (χ2v) is 5.78. The molecule has 0 fully saturated rings. The van der Waals surface area contributed by atoms with E-state index in [2.05, 4.69) is 5.32 Å². The standard InChI is InChI=1S/C17H22FNO5/c1-5-11(3)24-16(23)17(15(21)22,19-12(4)20)9-13-7-6-10(2)14(18)8-13/h6-8,11H,5,9H2,1-4H3,(H,19,20)(H,21,22). The first-order chi connectivity index (χ1) is 11.1. The van der Waals surface area contributed by atoms with Crippen LogP contribution in [0.4, 0.5) is 4.39 Å². The van der Waals surface area contributed by atoms with Gasteiger partial charge in [0.1, 0.15) is 5.82 Å². The highest BCUT2D eigenvalue weighted by Crippen LogP contribution is 2.20. The molecule has 0 aliphatic carbocycles. The summed E-state index contributed by atoms with van der Waals surface area (Å²) in [5.74, 6) is -3.87. The average Bonchev–Trinajstić information content (AvgIpc) is 2.49. The highest BCUT2D eigenvalue weighted by molar-refractivity contribution is 6.07. The lowest BCUT2D eigenvalue weighted by atomic mass is 9.90. The molecule has 0 spiro atoms. The van der Waals surface area contributed by atoms with E-state index in [1.807, 2.05) is 0 Å². The molecule has 2 N–H and O–H groups in total. The minimum atomic E-state index is -2.31. The molecule has 24 heavy (non-hydrogen) atoms. The van der Waals surface area contributed by atoms with Crippen molar-refractivity contribution in [2.75, 3.05) is 0 Å². The third-order valence-electron chi connectivity index (χ3n) is 3.69. The zero-order chi connectivity index (χ0) is 18.5. The molecule has 2 atom stereocenters. The number of amides is 1. The summed E-state index contributed by atoms with van der Waals surface area (Å²) >= 11 is 0. The van der Waals surface area contributed by atoms with E-state index in [-0.39, 0.29) is 5.56 Å². The van der Waals surface area contributed by atoms with E-state index in [0.29, 0.717) is 12.0 Å². The van der Waals surface area contributed by atoms with Crippen LogP contribution in [0.2, 0.25) is 0 Å². The first-order valence-corrected chi connectivity index (χ1v) is 7.60. The number of nitrogens with one attached hydrogen (secondary N) is 1. The number of esters is 1. The number of carbonyl (C=O) groups excluding carboxylic acids is 2. The van der Waals surface area contributed by atoms with Crippen molar-refractivity contribution in [1.82, 2.24) is 5.32 Å². The van der Waals surface area contributed by atoms with Gasteiger partial charge in [0.15, 0.2) is 0 Å². The van der Waals surface area contributed by atoms with E-state index in [1.54, 1.807) is 20.8 Å². The molecule has 0 bridgehead atoms. The third kappa shape index (κ3) is 4.53. The van der Waals surface area contributed by atoms with Gasteiger partial charge in [-0.3, -0.25) is 4.79 Å². The number of hydrogen-bond acceptors (Lipinski definition) is 4. The van der Waals surface area contributed by atoms with Crippen LogP contribution in [0, 0.1) is 12.7 Å². The molecule has 1 rings (SSSR count). The van der Waals surface area contributed by atoms with Crippen LogP contribution in [0.25, 0.3) is 0 Å². The largest absolute Gasteiger partial charge is 0.479 e. The number of aryl methyl sites for hydroxylation is 1. The summed E-state index contributed by atoms with van der Waals surface area (Å²) in [5, 5.41) is 11.8. The molecule has 0 heterocycles. The highest BCUT2D eigenvalue weighted by Gasteiger charge is 2.49. The molecule has 0 saturated heterocycles. The van der Waals surface area contributed by atoms with Crippen molar-refractivity contribution < 1.29 is 28.6 Å². The Labute approximate surface area is 140 Å². The Morgan fingerprint density at radius 1 is 1.38 bits per heavy atom. The minimum Gasteiger partial charge on any atom is -0.479 e. The molecular weight excluding hydrogens is 317 g/mol.